The van der Waals surface area contributed by atoms with Crippen LogP contribution < -0.4 is 10.5 Å². The van der Waals surface area contributed by atoms with E-state index in [0.717, 1.165) is 5.56 Å². The molecule has 2 rings (SSSR count). The van der Waals surface area contributed by atoms with Crippen molar-refractivity contribution in [1.82, 2.24) is 0 Å². The lowest BCUT2D eigenvalue weighted by Crippen LogP contribution is -2.00. The van der Waals surface area contributed by atoms with Gasteiger partial charge in [-0.1, -0.05) is 30.3 Å². The molecule has 0 aliphatic carbocycles. The van der Waals surface area contributed by atoms with Crippen molar-refractivity contribution in [3.63, 3.8) is 0 Å². The second-order valence-electron chi connectivity index (χ2n) is 3.87. The van der Waals surface area contributed by atoms with Gasteiger partial charge in [0.25, 0.3) is 5.69 Å². The molecule has 2 aromatic rings. The predicted molar refractivity (Wildman–Crippen MR) is 76.0 cm³/mol. The van der Waals surface area contributed by atoms with Crippen LogP contribution in [0.4, 0.5) is 11.4 Å². The highest BCUT2D eigenvalue weighted by atomic mass is 79.9. The van der Waals surface area contributed by atoms with Crippen molar-refractivity contribution in [3.05, 3.63) is 62.6 Å². The molecule has 0 amide bonds. The summed E-state index contributed by atoms with van der Waals surface area (Å²) in [4.78, 5) is 10.3. The van der Waals surface area contributed by atoms with Crippen molar-refractivity contribution >= 4 is 27.3 Å². The Kier molecular flexibility index (Phi) is 4.01. The molecule has 0 fully saturated rings. The Morgan fingerprint density at radius 3 is 2.58 bits per heavy atom. The van der Waals surface area contributed by atoms with E-state index in [1.54, 1.807) is 0 Å². The first-order chi connectivity index (χ1) is 9.08. The van der Waals surface area contributed by atoms with Gasteiger partial charge in [-0.2, -0.15) is 0 Å². The van der Waals surface area contributed by atoms with E-state index in [1.165, 1.54) is 12.1 Å². The van der Waals surface area contributed by atoms with Crippen LogP contribution in [0.1, 0.15) is 5.56 Å². The van der Waals surface area contributed by atoms with Gasteiger partial charge in [0.15, 0.2) is 5.75 Å². The SMILES string of the molecule is Nc1c(Br)cc([N+](=O)[O-])cc1OCc1ccccc1. The quantitative estimate of drug-likeness (QED) is 0.530. The summed E-state index contributed by atoms with van der Waals surface area (Å²) in [5.74, 6) is 0.296. The number of rotatable bonds is 4. The molecule has 98 valence electrons. The molecule has 0 aromatic heterocycles. The minimum Gasteiger partial charge on any atom is -0.486 e. The van der Waals surface area contributed by atoms with Crippen LogP contribution in [-0.4, -0.2) is 4.92 Å². The lowest BCUT2D eigenvalue weighted by atomic mass is 10.2. The predicted octanol–water partition coefficient (Wildman–Crippen LogP) is 3.52. The summed E-state index contributed by atoms with van der Waals surface area (Å²) in [5.41, 5.74) is 7.07. The molecule has 5 nitrogen and oxygen atoms in total. The fourth-order valence-corrected chi connectivity index (χ4v) is 1.97. The zero-order valence-electron chi connectivity index (χ0n) is 9.88. The van der Waals surface area contributed by atoms with Crippen molar-refractivity contribution in [3.8, 4) is 5.75 Å². The number of nitrogens with two attached hydrogens (primary N) is 1. The molecule has 0 saturated carbocycles. The third kappa shape index (κ3) is 3.23. The fourth-order valence-electron chi connectivity index (χ4n) is 1.54. The summed E-state index contributed by atoms with van der Waals surface area (Å²) in [6, 6.07) is 12.2. The van der Waals surface area contributed by atoms with Crippen molar-refractivity contribution < 1.29 is 9.66 Å². The van der Waals surface area contributed by atoms with Gasteiger partial charge in [0.05, 0.1) is 21.1 Å². The van der Waals surface area contributed by atoms with Gasteiger partial charge in [0.1, 0.15) is 6.61 Å². The largest absolute Gasteiger partial charge is 0.486 e. The highest BCUT2D eigenvalue weighted by molar-refractivity contribution is 9.10. The zero-order chi connectivity index (χ0) is 13.8. The van der Waals surface area contributed by atoms with Gasteiger partial charge in [0.2, 0.25) is 0 Å². The van der Waals surface area contributed by atoms with Gasteiger partial charge in [-0.05, 0) is 21.5 Å². The van der Waals surface area contributed by atoms with Gasteiger partial charge < -0.3 is 10.5 Å². The van der Waals surface area contributed by atoms with E-state index in [0.29, 0.717) is 22.5 Å². The minimum atomic E-state index is -0.487. The van der Waals surface area contributed by atoms with Gasteiger partial charge >= 0.3 is 0 Å². The Hall–Kier alpha value is -2.08. The number of ether oxygens (including phenoxy) is 1. The van der Waals surface area contributed by atoms with Crippen LogP contribution in [0, 0.1) is 10.1 Å². The maximum atomic E-state index is 10.8. The third-order valence-electron chi connectivity index (χ3n) is 2.52. The number of non-ortho nitro benzene ring substituents is 1. The molecular weight excluding hydrogens is 312 g/mol. The second kappa shape index (κ2) is 5.71. The molecule has 0 radical (unpaired) electrons. The van der Waals surface area contributed by atoms with Gasteiger partial charge in [-0.25, -0.2) is 0 Å². The molecule has 0 unspecified atom stereocenters. The first kappa shape index (κ1) is 13.4. The van der Waals surface area contributed by atoms with Crippen molar-refractivity contribution in [2.75, 3.05) is 5.73 Å². The van der Waals surface area contributed by atoms with Gasteiger partial charge in [-0.3, -0.25) is 10.1 Å². The van der Waals surface area contributed by atoms with E-state index in [9.17, 15) is 10.1 Å². The second-order valence-corrected chi connectivity index (χ2v) is 4.73. The van der Waals surface area contributed by atoms with Crippen LogP contribution in [-0.2, 0) is 6.61 Å². The molecular formula is C13H11BrN2O3. The number of benzene rings is 2. The molecule has 19 heavy (non-hydrogen) atoms. The van der Waals surface area contributed by atoms with E-state index in [1.807, 2.05) is 30.3 Å². The summed E-state index contributed by atoms with van der Waals surface area (Å²) >= 11 is 3.18. The monoisotopic (exact) mass is 322 g/mol. The summed E-state index contributed by atoms with van der Waals surface area (Å²) in [5, 5.41) is 10.8. The van der Waals surface area contributed by atoms with E-state index in [4.69, 9.17) is 10.5 Å². The van der Waals surface area contributed by atoms with Crippen molar-refractivity contribution in [2.45, 2.75) is 6.61 Å². The maximum Gasteiger partial charge on any atom is 0.274 e. The highest BCUT2D eigenvalue weighted by Gasteiger charge is 2.14. The molecule has 6 heteroatoms. The molecule has 0 heterocycles. The first-order valence-corrected chi connectivity index (χ1v) is 6.27. The van der Waals surface area contributed by atoms with E-state index in [2.05, 4.69) is 15.9 Å². The Balaban J connectivity index is 2.22. The van der Waals surface area contributed by atoms with Crippen LogP contribution in [0.25, 0.3) is 0 Å². The fraction of sp³-hybridized carbons (Fsp3) is 0.0769. The molecule has 0 atom stereocenters. The molecule has 2 N–H and O–H groups in total. The lowest BCUT2D eigenvalue weighted by Gasteiger charge is -2.10. The Morgan fingerprint density at radius 1 is 1.26 bits per heavy atom. The summed E-state index contributed by atoms with van der Waals surface area (Å²) in [6.07, 6.45) is 0. The molecule has 2 aromatic carbocycles. The van der Waals surface area contributed by atoms with Gasteiger partial charge in [0, 0.05) is 6.07 Å². The lowest BCUT2D eigenvalue weighted by molar-refractivity contribution is -0.385. The van der Waals surface area contributed by atoms with Crippen LogP contribution in [0.5, 0.6) is 5.75 Å². The Morgan fingerprint density at radius 2 is 1.95 bits per heavy atom. The number of nitro groups is 1. The number of anilines is 1. The number of nitrogen functional groups attached to an aromatic ring is 1. The van der Waals surface area contributed by atoms with Crippen molar-refractivity contribution in [2.24, 2.45) is 0 Å². The van der Waals surface area contributed by atoms with Crippen LogP contribution in [0.15, 0.2) is 46.9 Å². The van der Waals surface area contributed by atoms with Crippen molar-refractivity contribution in [1.29, 1.82) is 0 Å². The highest BCUT2D eigenvalue weighted by Crippen LogP contribution is 2.34. The van der Waals surface area contributed by atoms with Crippen LogP contribution >= 0.6 is 15.9 Å². The van der Waals surface area contributed by atoms with E-state index < -0.39 is 4.92 Å². The number of halogens is 1. The smallest absolute Gasteiger partial charge is 0.274 e. The molecule has 0 aliphatic rings. The van der Waals surface area contributed by atoms with Crippen LogP contribution in [0.3, 0.4) is 0 Å². The Bertz CT molecular complexity index is 602. The number of nitro benzene ring substituents is 1. The molecule has 0 aliphatic heterocycles. The summed E-state index contributed by atoms with van der Waals surface area (Å²) < 4.78 is 5.98. The van der Waals surface area contributed by atoms with Gasteiger partial charge in [-0.15, -0.1) is 0 Å². The number of nitrogens with zero attached hydrogens (tertiary/aromatic N) is 1. The molecule has 0 spiro atoms. The third-order valence-corrected chi connectivity index (χ3v) is 3.18. The standard InChI is InChI=1S/C13H11BrN2O3/c14-11-6-10(16(17)18)7-12(13(11)15)19-8-9-4-2-1-3-5-9/h1-7H,8,15H2. The summed E-state index contributed by atoms with van der Waals surface area (Å²) in [6.45, 7) is 0.304. The zero-order valence-corrected chi connectivity index (χ0v) is 11.5. The van der Waals surface area contributed by atoms with E-state index in [-0.39, 0.29) is 5.69 Å². The Labute approximate surface area is 118 Å². The number of hydrogen-bond acceptors (Lipinski definition) is 4. The minimum absolute atomic E-state index is 0.0656. The van der Waals surface area contributed by atoms with Crippen LogP contribution in [0.2, 0.25) is 0 Å². The average Bonchev–Trinajstić information content (AvgIpc) is 2.41. The van der Waals surface area contributed by atoms with E-state index >= 15 is 0 Å². The maximum absolute atomic E-state index is 10.8. The topological polar surface area (TPSA) is 78.4 Å². The summed E-state index contributed by atoms with van der Waals surface area (Å²) in [7, 11) is 0. The normalized spacial score (nSPS) is 10.2. The number of hydrogen-bond donors (Lipinski definition) is 1. The average molecular weight is 323 g/mol. The molecule has 0 saturated heterocycles. The molecule has 0 bridgehead atoms. The first-order valence-electron chi connectivity index (χ1n) is 5.48.